The number of fused-ring (bicyclic) bond motifs is 1. The van der Waals surface area contributed by atoms with Crippen LogP contribution in [0.2, 0.25) is 0 Å². The number of aromatic nitrogens is 1. The molecule has 0 aliphatic carbocycles. The molecule has 0 bridgehead atoms. The smallest absolute Gasteiger partial charge is 0.277 e. The molecular weight excluding hydrogens is 460 g/mol. The Morgan fingerprint density at radius 3 is 2.82 bits per heavy atom. The Morgan fingerprint density at radius 1 is 1.36 bits per heavy atom. The Balaban J connectivity index is 1.72. The zero-order valence-corrected chi connectivity index (χ0v) is 18.5. The second-order valence-corrected chi connectivity index (χ2v) is 9.79. The number of carbonyl (C=O) groups is 1. The van der Waals surface area contributed by atoms with E-state index in [9.17, 15) is 17.6 Å². The van der Waals surface area contributed by atoms with Gasteiger partial charge >= 0.3 is 0 Å². The first kappa shape index (κ1) is 22.9. The zero-order valence-electron chi connectivity index (χ0n) is 17.7. The minimum Gasteiger partial charge on any atom is -0.495 e. The van der Waals surface area contributed by atoms with E-state index in [1.54, 1.807) is 0 Å². The van der Waals surface area contributed by atoms with E-state index in [-0.39, 0.29) is 36.6 Å². The van der Waals surface area contributed by atoms with E-state index in [1.165, 1.54) is 32.5 Å². The summed E-state index contributed by atoms with van der Waals surface area (Å²) in [6.07, 6.45) is 1.25. The highest BCUT2D eigenvalue weighted by Gasteiger charge is 2.57. The molecular formula is C20H21F2N5O5S. The van der Waals surface area contributed by atoms with Crippen molar-refractivity contribution in [2.24, 2.45) is 0 Å². The van der Waals surface area contributed by atoms with Gasteiger partial charge in [-0.15, -0.1) is 0 Å². The second-order valence-electron chi connectivity index (χ2n) is 7.64. The van der Waals surface area contributed by atoms with Gasteiger partial charge in [-0.1, -0.05) is 0 Å². The number of anilines is 1. The molecule has 3 heterocycles. The van der Waals surface area contributed by atoms with Crippen molar-refractivity contribution in [1.29, 1.82) is 5.41 Å². The number of pyridine rings is 1. The molecule has 2 atom stereocenters. The van der Waals surface area contributed by atoms with Crippen molar-refractivity contribution >= 4 is 27.6 Å². The number of hydrogen-bond donors (Lipinski definition) is 3. The first-order valence-electron chi connectivity index (χ1n) is 9.83. The van der Waals surface area contributed by atoms with E-state index in [4.69, 9.17) is 14.9 Å². The maximum Gasteiger partial charge on any atom is 0.277 e. The molecule has 13 heteroatoms. The number of halogens is 2. The monoisotopic (exact) mass is 481 g/mol. The van der Waals surface area contributed by atoms with Crippen molar-refractivity contribution in [1.82, 2.24) is 14.6 Å². The highest BCUT2D eigenvalue weighted by molar-refractivity contribution is 7.90. The Morgan fingerprint density at radius 2 is 2.12 bits per heavy atom. The van der Waals surface area contributed by atoms with Gasteiger partial charge in [-0.05, 0) is 24.6 Å². The van der Waals surface area contributed by atoms with Gasteiger partial charge in [0.15, 0.2) is 11.5 Å². The Kier molecular flexibility index (Phi) is 5.70. The number of rotatable bonds is 4. The van der Waals surface area contributed by atoms with Gasteiger partial charge in [-0.3, -0.25) is 10.2 Å². The number of hydrogen-bond acceptors (Lipinski definition) is 7. The molecule has 1 aromatic heterocycles. The van der Waals surface area contributed by atoms with Gasteiger partial charge in [0, 0.05) is 31.0 Å². The van der Waals surface area contributed by atoms with Crippen LogP contribution in [0.3, 0.4) is 0 Å². The third kappa shape index (κ3) is 3.76. The molecule has 0 saturated carbocycles. The zero-order chi connectivity index (χ0) is 24.0. The summed E-state index contributed by atoms with van der Waals surface area (Å²) in [5.74, 6) is -2.86. The van der Waals surface area contributed by atoms with Crippen molar-refractivity contribution in [2.45, 2.75) is 17.2 Å². The number of nitrogens with one attached hydrogen (secondary N) is 3. The van der Waals surface area contributed by atoms with E-state index >= 15 is 4.39 Å². The Labute approximate surface area is 188 Å². The molecule has 2 aromatic rings. The molecule has 2 saturated heterocycles. The first-order valence-corrected chi connectivity index (χ1v) is 11.3. The van der Waals surface area contributed by atoms with E-state index in [0.29, 0.717) is 0 Å². The lowest BCUT2D eigenvalue weighted by Crippen LogP contribution is -2.70. The van der Waals surface area contributed by atoms with Gasteiger partial charge < -0.3 is 20.1 Å². The van der Waals surface area contributed by atoms with E-state index < -0.39 is 50.0 Å². The summed E-state index contributed by atoms with van der Waals surface area (Å²) in [5, 5.41) is 12.2. The molecule has 1 unspecified atom stereocenters. The number of nitrogens with zero attached hydrogens (tertiary/aromatic N) is 2. The number of benzene rings is 1. The summed E-state index contributed by atoms with van der Waals surface area (Å²) in [7, 11) is -1.41. The Bertz CT molecular complexity index is 1240. The van der Waals surface area contributed by atoms with Crippen molar-refractivity contribution < 1.29 is 31.5 Å². The van der Waals surface area contributed by atoms with Crippen molar-refractivity contribution in [3.05, 3.63) is 53.4 Å². The van der Waals surface area contributed by atoms with Crippen LogP contribution in [0, 0.1) is 17.0 Å². The topological polar surface area (TPSA) is 134 Å². The lowest BCUT2D eigenvalue weighted by Gasteiger charge is -2.50. The maximum absolute atomic E-state index is 15.0. The predicted octanol–water partition coefficient (Wildman–Crippen LogP) is 1.40. The highest BCUT2D eigenvalue weighted by atomic mass is 32.2. The van der Waals surface area contributed by atoms with Crippen molar-refractivity contribution in [3.8, 4) is 5.75 Å². The number of sulfonamides is 1. The van der Waals surface area contributed by atoms with Gasteiger partial charge in [0.25, 0.3) is 5.91 Å². The lowest BCUT2D eigenvalue weighted by atomic mass is 9.83. The third-order valence-corrected chi connectivity index (χ3v) is 8.08. The summed E-state index contributed by atoms with van der Waals surface area (Å²) in [6.45, 7) is -0.0644. The van der Waals surface area contributed by atoms with Crippen LogP contribution in [0.4, 0.5) is 14.5 Å². The summed E-state index contributed by atoms with van der Waals surface area (Å²) in [5.41, 5.74) is -2.11. The van der Waals surface area contributed by atoms with Crippen LogP contribution in [0.1, 0.15) is 22.5 Å². The summed E-state index contributed by atoms with van der Waals surface area (Å²) >= 11 is 0. The normalized spacial score (nSPS) is 23.9. The molecule has 176 valence electrons. The number of methoxy groups -OCH3 is 1. The molecule has 2 aliphatic heterocycles. The molecule has 2 fully saturated rings. The van der Waals surface area contributed by atoms with Gasteiger partial charge in [0.2, 0.25) is 16.0 Å². The average Bonchev–Trinajstić information content (AvgIpc) is 2.78. The van der Waals surface area contributed by atoms with Crippen LogP contribution < -0.4 is 15.4 Å². The number of ether oxygens (including phenoxy) is 2. The van der Waals surface area contributed by atoms with Gasteiger partial charge in [-0.25, -0.2) is 26.5 Å². The highest BCUT2D eigenvalue weighted by Crippen LogP contribution is 2.41. The fraction of sp³-hybridized carbons (Fsp3) is 0.350. The van der Waals surface area contributed by atoms with Crippen LogP contribution in [0.5, 0.6) is 5.75 Å². The summed E-state index contributed by atoms with van der Waals surface area (Å²) < 4.78 is 66.5. The molecule has 2 aliphatic rings. The minimum atomic E-state index is -3.99. The molecule has 4 rings (SSSR count). The lowest BCUT2D eigenvalue weighted by molar-refractivity contribution is 0.0237. The van der Waals surface area contributed by atoms with Gasteiger partial charge in [-0.2, -0.15) is 0 Å². The van der Waals surface area contributed by atoms with Gasteiger partial charge in [0.05, 0.1) is 19.9 Å². The summed E-state index contributed by atoms with van der Waals surface area (Å²) in [4.78, 5) is 16.3. The predicted molar refractivity (Wildman–Crippen MR) is 114 cm³/mol. The van der Waals surface area contributed by atoms with E-state index in [1.807, 2.05) is 0 Å². The fourth-order valence-corrected chi connectivity index (χ4v) is 5.88. The molecule has 1 amide bonds. The van der Waals surface area contributed by atoms with Crippen molar-refractivity contribution in [2.75, 3.05) is 32.7 Å². The molecule has 0 radical (unpaired) electrons. The van der Waals surface area contributed by atoms with Crippen molar-refractivity contribution in [3.63, 3.8) is 0 Å². The molecule has 33 heavy (non-hydrogen) atoms. The minimum absolute atomic E-state index is 0.0734. The summed E-state index contributed by atoms with van der Waals surface area (Å²) in [6, 6.07) is 4.55. The van der Waals surface area contributed by atoms with Crippen LogP contribution in [-0.2, 0) is 20.3 Å². The van der Waals surface area contributed by atoms with Crippen LogP contribution in [0.25, 0.3) is 0 Å². The SMILES string of the molecule is COc1cnc(C(=O)Nc2ccc(F)c([C@]34COCCC3S(=O)(=O)N(C)C(=N)N4)c2)c(F)c1. The first-order chi connectivity index (χ1) is 15.6. The van der Waals surface area contributed by atoms with Gasteiger partial charge in [0.1, 0.15) is 22.4 Å². The molecule has 3 N–H and O–H groups in total. The number of carbonyl (C=O) groups excluding carboxylic acids is 1. The van der Waals surface area contributed by atoms with Crippen LogP contribution >= 0.6 is 0 Å². The maximum atomic E-state index is 15.0. The number of guanidine groups is 1. The quantitative estimate of drug-likeness (QED) is 0.601. The average molecular weight is 481 g/mol. The standard InChI is InChI=1S/C20H21F2N5O5S/c1-27-19(23)26-20(10-32-6-5-16(20)33(27,29)30)13-7-11(3-4-14(13)21)25-18(28)17-15(22)8-12(31-2)9-24-17/h3-4,7-9,16H,5-6,10H2,1-2H3,(H2,23,26)(H,25,28)/t16?,20-/m1/s1. The second kappa shape index (κ2) is 8.23. The number of amides is 1. The largest absolute Gasteiger partial charge is 0.495 e. The van der Waals surface area contributed by atoms with E-state index in [2.05, 4.69) is 15.6 Å². The molecule has 10 nitrogen and oxygen atoms in total. The van der Waals surface area contributed by atoms with E-state index in [0.717, 1.165) is 16.4 Å². The Hall–Kier alpha value is -3.32. The molecule has 0 spiro atoms. The third-order valence-electron chi connectivity index (χ3n) is 5.77. The molecule has 1 aromatic carbocycles. The fourth-order valence-electron chi connectivity index (χ4n) is 4.04. The van der Waals surface area contributed by atoms with Crippen LogP contribution in [-0.4, -0.2) is 62.2 Å². The van der Waals surface area contributed by atoms with Crippen LogP contribution in [0.15, 0.2) is 30.5 Å².